The summed E-state index contributed by atoms with van der Waals surface area (Å²) in [5.74, 6) is 0.478. The van der Waals surface area contributed by atoms with Gasteiger partial charge in [0, 0.05) is 11.4 Å². The van der Waals surface area contributed by atoms with Crippen molar-refractivity contribution in [2.45, 2.75) is 6.42 Å². The third-order valence-corrected chi connectivity index (χ3v) is 1.71. The van der Waals surface area contributed by atoms with E-state index in [1.165, 1.54) is 6.07 Å². The number of aromatic nitrogens is 1. The van der Waals surface area contributed by atoms with Crippen LogP contribution in [0.5, 0.6) is 0 Å². The highest BCUT2D eigenvalue weighted by atomic mass is 35.5. The Morgan fingerprint density at radius 2 is 2.38 bits per heavy atom. The quantitative estimate of drug-likeness (QED) is 0.762. The minimum atomic E-state index is -0.389. The molecule has 0 unspecified atom stereocenters. The van der Waals surface area contributed by atoms with Crippen molar-refractivity contribution in [1.29, 1.82) is 0 Å². The number of allylic oxidation sites excluding steroid dienone is 1. The Morgan fingerprint density at radius 1 is 1.62 bits per heavy atom. The molecule has 0 amide bonds. The lowest BCUT2D eigenvalue weighted by Gasteiger charge is -1.97. The molecule has 70 valence electrons. The molecule has 1 aromatic rings. The van der Waals surface area contributed by atoms with Crippen LogP contribution in [0.15, 0.2) is 18.3 Å². The maximum atomic E-state index is 12.7. The lowest BCUT2D eigenvalue weighted by Crippen LogP contribution is -1.94. The largest absolute Gasteiger partial charge is 0.383 e. The molecule has 0 spiro atoms. The number of hydrogen-bond donors (Lipinski definition) is 1. The molecular weight excluding hydrogens is 191 g/mol. The summed E-state index contributed by atoms with van der Waals surface area (Å²) in [5, 5.41) is 0. The van der Waals surface area contributed by atoms with E-state index in [1.54, 1.807) is 6.08 Å². The topological polar surface area (TPSA) is 38.9 Å². The Bertz CT molecular complexity index is 312. The lowest BCUT2D eigenvalue weighted by molar-refractivity contribution is 0.621. The smallest absolute Gasteiger partial charge is 0.142 e. The van der Waals surface area contributed by atoms with Crippen LogP contribution in [0.1, 0.15) is 12.0 Å². The molecule has 0 aliphatic carbocycles. The van der Waals surface area contributed by atoms with Crippen LogP contribution in [0.3, 0.4) is 0 Å². The summed E-state index contributed by atoms with van der Waals surface area (Å²) in [6.07, 6.45) is 5.37. The maximum absolute atomic E-state index is 12.7. The molecule has 0 atom stereocenters. The van der Waals surface area contributed by atoms with Gasteiger partial charge in [0.05, 0.1) is 6.20 Å². The van der Waals surface area contributed by atoms with Crippen LogP contribution in [-0.2, 0) is 0 Å². The van der Waals surface area contributed by atoms with Crippen molar-refractivity contribution in [3.63, 3.8) is 0 Å². The van der Waals surface area contributed by atoms with Gasteiger partial charge in [-0.1, -0.05) is 12.2 Å². The van der Waals surface area contributed by atoms with Crippen molar-refractivity contribution in [2.75, 3.05) is 11.6 Å². The Hall–Kier alpha value is -1.09. The van der Waals surface area contributed by atoms with Crippen molar-refractivity contribution in [1.82, 2.24) is 4.98 Å². The molecule has 13 heavy (non-hydrogen) atoms. The zero-order valence-corrected chi connectivity index (χ0v) is 7.76. The molecule has 0 aliphatic rings. The molecular formula is C9H10ClFN2. The summed E-state index contributed by atoms with van der Waals surface area (Å²) in [5.41, 5.74) is 6.10. The number of rotatable bonds is 3. The molecule has 0 bridgehead atoms. The molecule has 0 saturated carbocycles. The predicted molar refractivity (Wildman–Crippen MR) is 53.0 cm³/mol. The van der Waals surface area contributed by atoms with Gasteiger partial charge < -0.3 is 5.73 Å². The van der Waals surface area contributed by atoms with E-state index < -0.39 is 0 Å². The zero-order chi connectivity index (χ0) is 9.68. The van der Waals surface area contributed by atoms with Crippen molar-refractivity contribution < 1.29 is 4.39 Å². The molecule has 1 rings (SSSR count). The van der Waals surface area contributed by atoms with E-state index in [9.17, 15) is 4.39 Å². The third-order valence-electron chi connectivity index (χ3n) is 1.49. The summed E-state index contributed by atoms with van der Waals surface area (Å²) in [6.45, 7) is 0. The minimum Gasteiger partial charge on any atom is -0.383 e. The van der Waals surface area contributed by atoms with E-state index >= 15 is 0 Å². The van der Waals surface area contributed by atoms with Gasteiger partial charge in [0.1, 0.15) is 11.6 Å². The van der Waals surface area contributed by atoms with Crippen molar-refractivity contribution in [3.8, 4) is 0 Å². The van der Waals surface area contributed by atoms with Crippen LogP contribution in [0.2, 0.25) is 0 Å². The Kier molecular flexibility index (Phi) is 3.71. The van der Waals surface area contributed by atoms with Crippen molar-refractivity contribution >= 4 is 23.5 Å². The van der Waals surface area contributed by atoms with Crippen molar-refractivity contribution in [2.24, 2.45) is 0 Å². The highest BCUT2D eigenvalue weighted by Gasteiger charge is 1.97. The van der Waals surface area contributed by atoms with Gasteiger partial charge in [-0.2, -0.15) is 0 Å². The standard InChI is InChI=1S/C9H10ClFN2/c10-4-2-1-3-7-5-8(11)6-13-9(7)12/h1,3,5-6H,2,4H2,(H2,12,13). The van der Waals surface area contributed by atoms with Gasteiger partial charge in [-0.15, -0.1) is 11.6 Å². The minimum absolute atomic E-state index is 0.326. The first kappa shape index (κ1) is 9.99. The molecule has 0 aliphatic heterocycles. The number of nitrogens with zero attached hydrogens (tertiary/aromatic N) is 1. The summed E-state index contributed by atoms with van der Waals surface area (Å²) < 4.78 is 12.7. The van der Waals surface area contributed by atoms with Gasteiger partial charge >= 0.3 is 0 Å². The van der Waals surface area contributed by atoms with Crippen LogP contribution in [0, 0.1) is 5.82 Å². The highest BCUT2D eigenvalue weighted by molar-refractivity contribution is 6.17. The number of alkyl halides is 1. The normalized spacial score (nSPS) is 10.9. The van der Waals surface area contributed by atoms with E-state index in [2.05, 4.69) is 4.98 Å². The number of nitrogens with two attached hydrogens (primary N) is 1. The maximum Gasteiger partial charge on any atom is 0.142 e. The van der Waals surface area contributed by atoms with Gasteiger partial charge in [-0.25, -0.2) is 9.37 Å². The summed E-state index contributed by atoms with van der Waals surface area (Å²) in [6, 6.07) is 1.34. The number of hydrogen-bond acceptors (Lipinski definition) is 2. The average molecular weight is 201 g/mol. The molecule has 1 heterocycles. The van der Waals surface area contributed by atoms with Gasteiger partial charge in [0.15, 0.2) is 0 Å². The second kappa shape index (κ2) is 4.82. The van der Waals surface area contributed by atoms with Crippen LogP contribution in [0.25, 0.3) is 6.08 Å². The Labute approximate surface area is 81.2 Å². The number of halogens is 2. The number of anilines is 1. The number of nitrogen functional groups attached to an aromatic ring is 1. The zero-order valence-electron chi connectivity index (χ0n) is 7.00. The molecule has 0 saturated heterocycles. The van der Waals surface area contributed by atoms with Crippen LogP contribution in [-0.4, -0.2) is 10.9 Å². The molecule has 0 fully saturated rings. The summed E-state index contributed by atoms with van der Waals surface area (Å²) in [4.78, 5) is 3.68. The number of pyridine rings is 1. The monoisotopic (exact) mass is 200 g/mol. The first-order valence-electron chi connectivity index (χ1n) is 3.87. The van der Waals surface area contributed by atoms with Gasteiger partial charge in [-0.05, 0) is 12.5 Å². The van der Waals surface area contributed by atoms with Gasteiger partial charge in [0.2, 0.25) is 0 Å². The fourth-order valence-corrected chi connectivity index (χ4v) is 0.998. The van der Waals surface area contributed by atoms with Crippen molar-refractivity contribution in [3.05, 3.63) is 29.7 Å². The van der Waals surface area contributed by atoms with Gasteiger partial charge in [0.25, 0.3) is 0 Å². The first-order valence-corrected chi connectivity index (χ1v) is 4.41. The molecule has 4 heteroatoms. The van der Waals surface area contributed by atoms with E-state index in [1.807, 2.05) is 6.08 Å². The Morgan fingerprint density at radius 3 is 3.08 bits per heavy atom. The molecule has 2 N–H and O–H groups in total. The molecule has 2 nitrogen and oxygen atoms in total. The predicted octanol–water partition coefficient (Wildman–Crippen LogP) is 2.45. The molecule has 0 radical (unpaired) electrons. The fourth-order valence-electron chi connectivity index (χ4n) is 0.872. The van der Waals surface area contributed by atoms with Crippen LogP contribution >= 0.6 is 11.6 Å². The van der Waals surface area contributed by atoms with Crippen LogP contribution in [0.4, 0.5) is 10.2 Å². The fraction of sp³-hybridized carbons (Fsp3) is 0.222. The first-order chi connectivity index (χ1) is 6.24. The molecule has 1 aromatic heterocycles. The van der Waals surface area contributed by atoms with Gasteiger partial charge in [-0.3, -0.25) is 0 Å². The van der Waals surface area contributed by atoms with E-state index in [0.717, 1.165) is 12.6 Å². The summed E-state index contributed by atoms with van der Waals surface area (Å²) in [7, 11) is 0. The average Bonchev–Trinajstić information content (AvgIpc) is 2.11. The Balaban J connectivity index is 2.81. The third kappa shape index (κ3) is 3.03. The lowest BCUT2D eigenvalue weighted by atomic mass is 10.2. The summed E-state index contributed by atoms with van der Waals surface area (Å²) >= 11 is 5.47. The molecule has 0 aromatic carbocycles. The van der Waals surface area contributed by atoms with E-state index in [4.69, 9.17) is 17.3 Å². The van der Waals surface area contributed by atoms with E-state index in [-0.39, 0.29) is 5.82 Å². The van der Waals surface area contributed by atoms with E-state index in [0.29, 0.717) is 17.3 Å². The second-order valence-corrected chi connectivity index (χ2v) is 2.89. The highest BCUT2D eigenvalue weighted by Crippen LogP contribution is 2.11. The second-order valence-electron chi connectivity index (χ2n) is 2.51. The van der Waals surface area contributed by atoms with Crippen LogP contribution < -0.4 is 5.73 Å². The SMILES string of the molecule is Nc1ncc(F)cc1C=CCCCl.